The number of halogens is 1. The van der Waals surface area contributed by atoms with Gasteiger partial charge in [-0.3, -0.25) is 4.99 Å². The summed E-state index contributed by atoms with van der Waals surface area (Å²) >= 11 is 0. The van der Waals surface area contributed by atoms with Crippen molar-refractivity contribution in [2.75, 3.05) is 51.9 Å². The number of rotatable bonds is 6. The van der Waals surface area contributed by atoms with E-state index in [0.29, 0.717) is 18.6 Å². The van der Waals surface area contributed by atoms with E-state index in [1.807, 2.05) is 0 Å². The molecule has 1 rings (SSSR count). The Bertz CT molecular complexity index is 438. The monoisotopic (exact) mass is 433 g/mol. The van der Waals surface area contributed by atoms with Crippen LogP contribution < -0.4 is 5.32 Å². The predicted molar refractivity (Wildman–Crippen MR) is 97.3 cm³/mol. The maximum Gasteiger partial charge on any atom is 0.193 e. The molecule has 0 spiro atoms. The Morgan fingerprint density at radius 3 is 2.52 bits per heavy atom. The Kier molecular flexibility index (Phi) is 9.10. The van der Waals surface area contributed by atoms with E-state index in [4.69, 9.17) is 4.74 Å². The number of hydrogen-bond acceptors (Lipinski definition) is 4. The van der Waals surface area contributed by atoms with Gasteiger partial charge < -0.3 is 15.0 Å². The summed E-state index contributed by atoms with van der Waals surface area (Å²) in [5, 5.41) is 3.25. The van der Waals surface area contributed by atoms with Crippen LogP contribution in [0, 0.1) is 5.41 Å². The third-order valence-electron chi connectivity index (χ3n) is 3.32. The molecule has 1 N–H and O–H groups in total. The zero-order valence-corrected chi connectivity index (χ0v) is 16.5. The Labute approximate surface area is 145 Å². The molecule has 0 aromatic heterocycles. The van der Waals surface area contributed by atoms with E-state index in [-0.39, 0.29) is 36.3 Å². The molecule has 8 heteroatoms. The second-order valence-corrected chi connectivity index (χ2v) is 8.31. The van der Waals surface area contributed by atoms with Crippen LogP contribution in [-0.2, 0) is 14.6 Å². The second-order valence-electron chi connectivity index (χ2n) is 6.05. The number of nitrogens with one attached hydrogen (secondary N) is 1. The van der Waals surface area contributed by atoms with Gasteiger partial charge in [0.25, 0.3) is 0 Å². The first kappa shape index (κ1) is 20.9. The van der Waals surface area contributed by atoms with Gasteiger partial charge in [-0.15, -0.1) is 24.0 Å². The molecule has 0 radical (unpaired) electrons. The Morgan fingerprint density at radius 2 is 2.05 bits per heavy atom. The smallest absolute Gasteiger partial charge is 0.193 e. The summed E-state index contributed by atoms with van der Waals surface area (Å²) in [4.78, 5) is 6.52. The van der Waals surface area contributed by atoms with Gasteiger partial charge in [0.15, 0.2) is 5.96 Å². The number of guanidine groups is 1. The van der Waals surface area contributed by atoms with Crippen LogP contribution in [0.25, 0.3) is 0 Å². The van der Waals surface area contributed by atoms with Crippen molar-refractivity contribution < 1.29 is 13.2 Å². The van der Waals surface area contributed by atoms with E-state index in [1.54, 1.807) is 7.05 Å². The molecular weight excluding hydrogens is 405 g/mol. The molecule has 0 unspecified atom stereocenters. The highest BCUT2D eigenvalue weighted by Gasteiger charge is 2.30. The number of ether oxygens (including phenoxy) is 1. The van der Waals surface area contributed by atoms with E-state index in [2.05, 4.69) is 29.1 Å². The first-order chi connectivity index (χ1) is 9.23. The molecular formula is C13H28IN3O3S. The number of sulfone groups is 1. The lowest BCUT2D eigenvalue weighted by molar-refractivity contribution is 0.153. The quantitative estimate of drug-likeness (QED) is 0.293. The highest BCUT2D eigenvalue weighted by atomic mass is 127. The maximum absolute atomic E-state index is 10.9. The fraction of sp³-hybridized carbons (Fsp3) is 0.923. The standard InChI is InChI=1S/C13H27N3O3S.HI/c1-13(2)5-7-16(11-13)12(14-3)15-6-8-19-9-10-20(4,17)18;/h5-11H2,1-4H3,(H,14,15);1H. The molecule has 0 bridgehead atoms. The fourth-order valence-electron chi connectivity index (χ4n) is 2.17. The SMILES string of the molecule is CN=C(NCCOCCS(C)(=O)=O)N1CCC(C)(C)C1.I. The molecule has 0 aromatic carbocycles. The molecule has 1 saturated heterocycles. The molecule has 0 saturated carbocycles. The number of hydrogen-bond donors (Lipinski definition) is 1. The summed E-state index contributed by atoms with van der Waals surface area (Å²) in [5.41, 5.74) is 0.337. The van der Waals surface area contributed by atoms with E-state index in [1.165, 1.54) is 12.7 Å². The van der Waals surface area contributed by atoms with Crippen LogP contribution in [0.4, 0.5) is 0 Å². The average Bonchev–Trinajstić information content (AvgIpc) is 2.67. The lowest BCUT2D eigenvalue weighted by atomic mass is 9.93. The third kappa shape index (κ3) is 8.82. The van der Waals surface area contributed by atoms with Crippen molar-refractivity contribution in [3.05, 3.63) is 0 Å². The minimum atomic E-state index is -2.94. The summed E-state index contributed by atoms with van der Waals surface area (Å²) in [6, 6.07) is 0. The Balaban J connectivity index is 0.00000400. The highest BCUT2D eigenvalue weighted by molar-refractivity contribution is 14.0. The van der Waals surface area contributed by atoms with Gasteiger partial charge in [-0.05, 0) is 11.8 Å². The lowest BCUT2D eigenvalue weighted by Crippen LogP contribution is -2.42. The van der Waals surface area contributed by atoms with Crippen molar-refractivity contribution in [2.45, 2.75) is 20.3 Å². The molecule has 1 aliphatic heterocycles. The van der Waals surface area contributed by atoms with Crippen LogP contribution in [0.1, 0.15) is 20.3 Å². The highest BCUT2D eigenvalue weighted by Crippen LogP contribution is 2.28. The van der Waals surface area contributed by atoms with Crippen molar-refractivity contribution in [1.29, 1.82) is 0 Å². The molecule has 21 heavy (non-hydrogen) atoms. The first-order valence-electron chi connectivity index (χ1n) is 6.95. The Hall–Kier alpha value is -0.0900. The molecule has 126 valence electrons. The zero-order chi connectivity index (χ0) is 15.2. The van der Waals surface area contributed by atoms with Gasteiger partial charge in [-0.25, -0.2) is 8.42 Å². The van der Waals surface area contributed by atoms with Crippen molar-refractivity contribution in [1.82, 2.24) is 10.2 Å². The molecule has 0 atom stereocenters. The van der Waals surface area contributed by atoms with E-state index >= 15 is 0 Å². The van der Waals surface area contributed by atoms with Gasteiger partial charge >= 0.3 is 0 Å². The summed E-state index contributed by atoms with van der Waals surface area (Å²) < 4.78 is 27.2. The molecule has 0 aliphatic carbocycles. The molecule has 1 fully saturated rings. The fourth-order valence-corrected chi connectivity index (χ4v) is 2.59. The third-order valence-corrected chi connectivity index (χ3v) is 4.22. The predicted octanol–water partition coefficient (Wildman–Crippen LogP) is 0.973. The van der Waals surface area contributed by atoms with Gasteiger partial charge in [0, 0.05) is 32.9 Å². The van der Waals surface area contributed by atoms with Crippen LogP contribution in [0.15, 0.2) is 4.99 Å². The largest absolute Gasteiger partial charge is 0.379 e. The summed E-state index contributed by atoms with van der Waals surface area (Å²) in [6.07, 6.45) is 2.38. The van der Waals surface area contributed by atoms with Gasteiger partial charge in [0.1, 0.15) is 9.84 Å². The van der Waals surface area contributed by atoms with E-state index < -0.39 is 9.84 Å². The molecule has 0 amide bonds. The number of aliphatic imine (C=N–C) groups is 1. The maximum atomic E-state index is 10.9. The molecule has 0 aromatic rings. The minimum absolute atomic E-state index is 0. The molecule has 1 aliphatic rings. The van der Waals surface area contributed by atoms with Gasteiger partial charge in [-0.1, -0.05) is 13.8 Å². The minimum Gasteiger partial charge on any atom is -0.379 e. The normalized spacial score (nSPS) is 18.5. The second kappa shape index (κ2) is 9.14. The van der Waals surface area contributed by atoms with Crippen LogP contribution in [-0.4, -0.2) is 71.2 Å². The summed E-state index contributed by atoms with van der Waals surface area (Å²) in [6.45, 7) is 7.89. The van der Waals surface area contributed by atoms with Crippen molar-refractivity contribution in [2.24, 2.45) is 10.4 Å². The van der Waals surface area contributed by atoms with Crippen molar-refractivity contribution in [3.63, 3.8) is 0 Å². The van der Waals surface area contributed by atoms with Crippen molar-refractivity contribution >= 4 is 39.8 Å². The zero-order valence-electron chi connectivity index (χ0n) is 13.4. The number of likely N-dealkylation sites (tertiary alicyclic amines) is 1. The summed E-state index contributed by atoms with van der Waals surface area (Å²) in [5.74, 6) is 0.962. The Morgan fingerprint density at radius 1 is 1.38 bits per heavy atom. The summed E-state index contributed by atoms with van der Waals surface area (Å²) in [7, 11) is -1.16. The van der Waals surface area contributed by atoms with Gasteiger partial charge in [0.05, 0.1) is 19.0 Å². The molecule has 6 nitrogen and oxygen atoms in total. The van der Waals surface area contributed by atoms with Crippen LogP contribution in [0.3, 0.4) is 0 Å². The van der Waals surface area contributed by atoms with E-state index in [9.17, 15) is 8.42 Å². The van der Waals surface area contributed by atoms with E-state index in [0.717, 1.165) is 19.0 Å². The number of nitrogens with zero attached hydrogens (tertiary/aromatic N) is 2. The topological polar surface area (TPSA) is 71.0 Å². The first-order valence-corrected chi connectivity index (χ1v) is 9.01. The average molecular weight is 433 g/mol. The van der Waals surface area contributed by atoms with Crippen LogP contribution >= 0.6 is 24.0 Å². The van der Waals surface area contributed by atoms with Crippen LogP contribution in [0.2, 0.25) is 0 Å². The molecule has 1 heterocycles. The van der Waals surface area contributed by atoms with Gasteiger partial charge in [-0.2, -0.15) is 0 Å². The van der Waals surface area contributed by atoms with Crippen molar-refractivity contribution in [3.8, 4) is 0 Å². The lowest BCUT2D eigenvalue weighted by Gasteiger charge is -2.23. The van der Waals surface area contributed by atoms with Gasteiger partial charge in [0.2, 0.25) is 0 Å². The van der Waals surface area contributed by atoms with Crippen LogP contribution in [0.5, 0.6) is 0 Å².